The minimum atomic E-state index is -1.45. The molecule has 5 rings (SSSR count). The van der Waals surface area contributed by atoms with Crippen LogP contribution in [0, 0.1) is 18.3 Å². The Labute approximate surface area is 383 Å². The lowest BCUT2D eigenvalue weighted by molar-refractivity contribution is -0.141. The van der Waals surface area contributed by atoms with Gasteiger partial charge < -0.3 is 52.8 Å². The fraction of sp³-hybridized carbons (Fsp3) is 0.404. The number of hydrogen-bond acceptors (Lipinski definition) is 13. The van der Waals surface area contributed by atoms with Gasteiger partial charge in [-0.1, -0.05) is 45.0 Å². The van der Waals surface area contributed by atoms with Crippen molar-refractivity contribution in [3.05, 3.63) is 105 Å². The predicted octanol–water partition coefficient (Wildman–Crippen LogP) is 1.01. The first-order valence-corrected chi connectivity index (χ1v) is 21.6. The molecule has 1 aliphatic heterocycles. The monoisotopic (exact) mass is 905 g/mol. The molecule has 0 aliphatic carbocycles. The highest BCUT2D eigenvalue weighted by atomic mass is 16.5. The number of aromatic nitrogens is 2. The zero-order valence-corrected chi connectivity index (χ0v) is 38.1. The fourth-order valence-electron chi connectivity index (χ4n) is 7.42. The molecule has 10 N–H and O–H groups in total. The Balaban J connectivity index is 1.57. The van der Waals surface area contributed by atoms with Crippen LogP contribution in [0.4, 0.5) is 0 Å². The number of nitrogens with one attached hydrogen (secondary N) is 4. The molecule has 1 unspecified atom stereocenters. The van der Waals surface area contributed by atoms with E-state index in [9.17, 15) is 28.8 Å². The standard InChI is InChI=1S/C47H59N11O8/c1-27-35(26-53-58(45(27)63)32-11-9-31(10-12-32)47(3,4)5)42(60)55-36(15-16-48)46(64)57(6)40-30-8-14-39(66-22-19-51)34(25-30)33-23-29(7-13-38(33)65-21-18-50)24-37(43(61)52-20-17-49)56-41(59)28(2)54-44(40)62/h7-14,23,25-26,28,36-37,40H,15-16,18-22,24,48,50-51H2,1-6H3,(H,52,61)(H,54,62)(H,55,60)(H,56,59)/t28-,36?,37-,40-/m0/s1. The van der Waals surface area contributed by atoms with Gasteiger partial charge in [0.2, 0.25) is 23.6 Å². The summed E-state index contributed by atoms with van der Waals surface area (Å²) in [5, 5.41) is 24.0. The zero-order valence-electron chi connectivity index (χ0n) is 38.1. The fourth-order valence-corrected chi connectivity index (χ4v) is 7.42. The van der Waals surface area contributed by atoms with Gasteiger partial charge in [0, 0.05) is 43.2 Å². The van der Waals surface area contributed by atoms with Crippen LogP contribution in [0.25, 0.3) is 16.8 Å². The minimum Gasteiger partial charge on any atom is -0.492 e. The third-order valence-electron chi connectivity index (χ3n) is 11.1. The van der Waals surface area contributed by atoms with Crippen molar-refractivity contribution < 1.29 is 33.4 Å². The molecule has 0 saturated heterocycles. The Morgan fingerprint density at radius 3 is 2.17 bits per heavy atom. The average Bonchev–Trinajstić information content (AvgIpc) is 3.29. The average molecular weight is 906 g/mol. The molecular weight excluding hydrogens is 847 g/mol. The maximum Gasteiger partial charge on any atom is 0.275 e. The predicted molar refractivity (Wildman–Crippen MR) is 247 cm³/mol. The normalized spacial score (nSPS) is 16.6. The second-order valence-electron chi connectivity index (χ2n) is 16.9. The lowest BCUT2D eigenvalue weighted by Crippen LogP contribution is -2.56. The van der Waals surface area contributed by atoms with E-state index in [1.54, 1.807) is 48.5 Å². The van der Waals surface area contributed by atoms with Crippen molar-refractivity contribution in [3.63, 3.8) is 0 Å². The number of ether oxygens (including phenoxy) is 2. The molecule has 5 amide bonds. The van der Waals surface area contributed by atoms with Crippen LogP contribution in [0.1, 0.15) is 72.8 Å². The molecule has 1 aromatic heterocycles. The molecule has 66 heavy (non-hydrogen) atoms. The summed E-state index contributed by atoms with van der Waals surface area (Å²) in [7, 11) is 1.37. The van der Waals surface area contributed by atoms with Crippen molar-refractivity contribution in [1.82, 2.24) is 35.9 Å². The van der Waals surface area contributed by atoms with Crippen molar-refractivity contribution in [1.29, 1.82) is 5.26 Å². The molecule has 0 fully saturated rings. The summed E-state index contributed by atoms with van der Waals surface area (Å²) in [5.41, 5.74) is 20.3. The molecule has 19 heteroatoms. The molecule has 1 aliphatic rings. The number of rotatable bonds is 15. The van der Waals surface area contributed by atoms with E-state index >= 15 is 0 Å². The number of nitriles is 1. The lowest BCUT2D eigenvalue weighted by Gasteiger charge is -2.32. The number of carbonyl (C=O) groups excluding carboxylic acids is 5. The number of nitrogens with two attached hydrogens (primary N) is 3. The largest absolute Gasteiger partial charge is 0.492 e. The van der Waals surface area contributed by atoms with Gasteiger partial charge in [0.05, 0.1) is 23.5 Å². The van der Waals surface area contributed by atoms with Crippen LogP contribution in [0.15, 0.2) is 71.7 Å². The number of fused-ring (bicyclic) bond motifs is 5. The number of amides is 5. The van der Waals surface area contributed by atoms with Crippen molar-refractivity contribution >= 4 is 29.5 Å². The highest BCUT2D eigenvalue weighted by Gasteiger charge is 2.36. The number of benzene rings is 3. The molecular formula is C47H59N11O8. The Morgan fingerprint density at radius 1 is 0.924 bits per heavy atom. The van der Waals surface area contributed by atoms with E-state index in [0.29, 0.717) is 33.9 Å². The van der Waals surface area contributed by atoms with Crippen LogP contribution in [-0.2, 0) is 31.0 Å². The van der Waals surface area contributed by atoms with E-state index in [2.05, 4.69) is 47.1 Å². The Bertz CT molecular complexity index is 2530. The van der Waals surface area contributed by atoms with Crippen LogP contribution in [-0.4, -0.2) is 109 Å². The van der Waals surface area contributed by atoms with Crippen LogP contribution < -0.4 is 53.5 Å². The summed E-state index contributed by atoms with van der Waals surface area (Å²) in [4.78, 5) is 84.9. The van der Waals surface area contributed by atoms with Crippen LogP contribution in [0.2, 0.25) is 0 Å². The Kier molecular flexibility index (Phi) is 16.8. The third-order valence-corrected chi connectivity index (χ3v) is 11.1. The molecule has 4 aromatic rings. The summed E-state index contributed by atoms with van der Waals surface area (Å²) in [6.07, 6.45) is 1.18. The van der Waals surface area contributed by atoms with Crippen molar-refractivity contribution in [2.75, 3.05) is 46.4 Å². The second kappa shape index (κ2) is 22.2. The van der Waals surface area contributed by atoms with Crippen LogP contribution in [0.5, 0.6) is 11.5 Å². The summed E-state index contributed by atoms with van der Waals surface area (Å²) >= 11 is 0. The molecule has 350 valence electrons. The SMILES string of the molecule is Cc1c(C(=O)NC(CCN)C(=O)N(C)[C@@H]2C(=O)N[C@@H](C)C(=O)N[C@H](C(=O)NCC#N)Cc3ccc(OCCN)c(c3)-c3cc2ccc3OCCN)cnn(-c2ccc(C(C)(C)C)cc2)c1=O. The number of carbonyl (C=O) groups is 5. The highest BCUT2D eigenvalue weighted by Crippen LogP contribution is 2.40. The van der Waals surface area contributed by atoms with E-state index in [-0.39, 0.29) is 74.3 Å². The first-order valence-electron chi connectivity index (χ1n) is 21.6. The first-order chi connectivity index (χ1) is 31.4. The summed E-state index contributed by atoms with van der Waals surface area (Å²) in [6, 6.07) is 14.1. The Morgan fingerprint density at radius 2 is 1.56 bits per heavy atom. The number of hydrogen-bond donors (Lipinski definition) is 7. The molecule has 2 heterocycles. The molecule has 0 spiro atoms. The highest BCUT2D eigenvalue weighted by molar-refractivity contribution is 6.00. The molecule has 0 radical (unpaired) electrons. The van der Waals surface area contributed by atoms with Crippen LogP contribution >= 0.6 is 0 Å². The van der Waals surface area contributed by atoms with Gasteiger partial charge >= 0.3 is 0 Å². The number of nitrogens with zero attached hydrogens (tertiary/aromatic N) is 4. The molecule has 4 atom stereocenters. The minimum absolute atomic E-state index is 0.0131. The number of likely N-dealkylation sites (N-methyl/N-ethyl adjacent to an activating group) is 1. The zero-order chi connectivity index (χ0) is 48.3. The maximum atomic E-state index is 14.7. The van der Waals surface area contributed by atoms with Gasteiger partial charge in [-0.15, -0.1) is 0 Å². The molecule has 4 bridgehead atoms. The van der Waals surface area contributed by atoms with Gasteiger partial charge in [0.15, 0.2) is 0 Å². The summed E-state index contributed by atoms with van der Waals surface area (Å²) in [5.74, 6) is -2.91. The maximum absolute atomic E-state index is 14.7. The lowest BCUT2D eigenvalue weighted by atomic mass is 9.87. The second-order valence-corrected chi connectivity index (χ2v) is 16.9. The van der Waals surface area contributed by atoms with Crippen molar-refractivity contribution in [3.8, 4) is 34.4 Å². The van der Waals surface area contributed by atoms with Crippen LogP contribution in [0.3, 0.4) is 0 Å². The van der Waals surface area contributed by atoms with Gasteiger partial charge in [0.25, 0.3) is 11.5 Å². The van der Waals surface area contributed by atoms with Gasteiger partial charge in [-0.3, -0.25) is 28.8 Å². The topological polar surface area (TPSA) is 292 Å². The first kappa shape index (κ1) is 49.9. The molecule has 0 saturated carbocycles. The summed E-state index contributed by atoms with van der Waals surface area (Å²) in [6.45, 7) is 9.37. The van der Waals surface area contributed by atoms with E-state index in [1.807, 2.05) is 18.2 Å². The third kappa shape index (κ3) is 11.8. The van der Waals surface area contributed by atoms with Gasteiger partial charge in [-0.25, -0.2) is 0 Å². The van der Waals surface area contributed by atoms with Crippen molar-refractivity contribution in [2.24, 2.45) is 17.2 Å². The van der Waals surface area contributed by atoms with Crippen molar-refractivity contribution in [2.45, 2.75) is 77.0 Å². The van der Waals surface area contributed by atoms with E-state index in [1.165, 1.54) is 31.8 Å². The van der Waals surface area contributed by atoms with Gasteiger partial charge in [-0.05, 0) is 85.3 Å². The van der Waals surface area contributed by atoms with Gasteiger partial charge in [-0.2, -0.15) is 15.0 Å². The van der Waals surface area contributed by atoms with E-state index in [0.717, 1.165) is 10.5 Å². The molecule has 19 nitrogen and oxygen atoms in total. The molecule has 3 aromatic carbocycles. The van der Waals surface area contributed by atoms with E-state index in [4.69, 9.17) is 31.9 Å². The van der Waals surface area contributed by atoms with E-state index < -0.39 is 59.3 Å². The smallest absolute Gasteiger partial charge is 0.275 e. The van der Waals surface area contributed by atoms with Gasteiger partial charge in [0.1, 0.15) is 55.4 Å². The quantitative estimate of drug-likeness (QED) is 0.0822. The summed E-state index contributed by atoms with van der Waals surface area (Å²) < 4.78 is 13.3. The Hall–Kier alpha value is -7.14.